The number of benzene rings is 2. The molecule has 27 heavy (non-hydrogen) atoms. The number of thioether (sulfide) groups is 1. The maximum Gasteiger partial charge on any atom is 0.266 e. The molecule has 4 rings (SSSR count). The maximum atomic E-state index is 13.3. The summed E-state index contributed by atoms with van der Waals surface area (Å²) in [4.78, 5) is 18.1. The van der Waals surface area contributed by atoms with Crippen LogP contribution in [0.2, 0.25) is 0 Å². The van der Waals surface area contributed by atoms with Crippen molar-refractivity contribution in [3.05, 3.63) is 58.9 Å². The Labute approximate surface area is 162 Å². The lowest BCUT2D eigenvalue weighted by molar-refractivity contribution is 0.0315. The zero-order valence-electron chi connectivity index (χ0n) is 15.3. The van der Waals surface area contributed by atoms with Gasteiger partial charge in [0, 0.05) is 12.4 Å². The molecule has 0 amide bonds. The van der Waals surface area contributed by atoms with Gasteiger partial charge in [0.05, 0.1) is 29.8 Å². The highest BCUT2D eigenvalue weighted by molar-refractivity contribution is 7.99. The molecule has 0 N–H and O–H groups in total. The van der Waals surface area contributed by atoms with Gasteiger partial charge in [-0.3, -0.25) is 9.36 Å². The monoisotopic (exact) mass is 382 g/mol. The second-order valence-electron chi connectivity index (χ2n) is 6.52. The van der Waals surface area contributed by atoms with Crippen molar-refractivity contribution in [1.82, 2.24) is 9.55 Å². The molecule has 0 unspecified atom stereocenters. The number of aromatic nitrogens is 2. The first-order valence-corrected chi connectivity index (χ1v) is 10.2. The van der Waals surface area contributed by atoms with Gasteiger partial charge in [0.1, 0.15) is 5.75 Å². The summed E-state index contributed by atoms with van der Waals surface area (Å²) in [6.45, 7) is 0.815. The molecule has 0 spiro atoms. The van der Waals surface area contributed by atoms with E-state index in [4.69, 9.17) is 14.5 Å². The lowest BCUT2D eigenvalue weighted by atomic mass is 10.1. The largest absolute Gasteiger partial charge is 0.495 e. The summed E-state index contributed by atoms with van der Waals surface area (Å²) < 4.78 is 13.0. The van der Waals surface area contributed by atoms with Gasteiger partial charge in [-0.15, -0.1) is 0 Å². The van der Waals surface area contributed by atoms with E-state index in [0.29, 0.717) is 27.5 Å². The van der Waals surface area contributed by atoms with Crippen LogP contribution in [0.15, 0.2) is 58.5 Å². The lowest BCUT2D eigenvalue weighted by Gasteiger charge is -2.22. The number of para-hydroxylation sites is 3. The molecule has 2 heterocycles. The molecule has 1 aromatic heterocycles. The second-order valence-corrected chi connectivity index (χ2v) is 7.51. The summed E-state index contributed by atoms with van der Waals surface area (Å²) >= 11 is 1.57. The van der Waals surface area contributed by atoms with Gasteiger partial charge < -0.3 is 9.47 Å². The summed E-state index contributed by atoms with van der Waals surface area (Å²) in [7, 11) is 1.61. The van der Waals surface area contributed by atoms with Gasteiger partial charge in [0.15, 0.2) is 5.16 Å². The normalized spacial score (nSPS) is 17.1. The number of hydrogen-bond acceptors (Lipinski definition) is 5. The smallest absolute Gasteiger partial charge is 0.266 e. The summed E-state index contributed by atoms with van der Waals surface area (Å²) in [5.41, 5.74) is 1.33. The highest BCUT2D eigenvalue weighted by atomic mass is 32.2. The van der Waals surface area contributed by atoms with Crippen LogP contribution < -0.4 is 10.3 Å². The van der Waals surface area contributed by atoms with Crippen LogP contribution >= 0.6 is 11.8 Å². The molecule has 0 radical (unpaired) electrons. The molecule has 0 bridgehead atoms. The molecule has 1 fully saturated rings. The Morgan fingerprint density at radius 1 is 1.19 bits per heavy atom. The van der Waals surface area contributed by atoms with Gasteiger partial charge >= 0.3 is 0 Å². The number of fused-ring (bicyclic) bond motifs is 1. The molecule has 140 valence electrons. The fourth-order valence-electron chi connectivity index (χ4n) is 3.34. The third kappa shape index (κ3) is 3.73. The fraction of sp³-hybridized carbons (Fsp3) is 0.333. The van der Waals surface area contributed by atoms with E-state index >= 15 is 0 Å². The number of rotatable bonds is 5. The van der Waals surface area contributed by atoms with E-state index in [1.807, 2.05) is 48.5 Å². The number of hydrogen-bond donors (Lipinski definition) is 0. The SMILES string of the molecule is COc1ccccc1-n1c(SC[C@@H]2CCCCO2)nc2ccccc2c1=O. The van der Waals surface area contributed by atoms with Gasteiger partial charge in [-0.05, 0) is 43.5 Å². The first kappa shape index (κ1) is 18.1. The van der Waals surface area contributed by atoms with E-state index in [1.54, 1.807) is 23.4 Å². The van der Waals surface area contributed by atoms with Crippen LogP contribution in [0, 0.1) is 0 Å². The van der Waals surface area contributed by atoms with Gasteiger partial charge in [-0.1, -0.05) is 36.0 Å². The van der Waals surface area contributed by atoms with E-state index in [1.165, 1.54) is 6.42 Å². The molecular formula is C21H22N2O3S. The Balaban J connectivity index is 1.81. The number of nitrogens with zero attached hydrogens (tertiary/aromatic N) is 2. The summed E-state index contributed by atoms with van der Waals surface area (Å²) in [5, 5.41) is 1.26. The van der Waals surface area contributed by atoms with Crippen molar-refractivity contribution in [3.8, 4) is 11.4 Å². The highest BCUT2D eigenvalue weighted by Gasteiger charge is 2.19. The Morgan fingerprint density at radius 3 is 2.81 bits per heavy atom. The molecule has 1 atom stereocenters. The fourth-order valence-corrected chi connectivity index (χ4v) is 4.41. The minimum atomic E-state index is -0.0860. The van der Waals surface area contributed by atoms with Crippen molar-refractivity contribution in [2.45, 2.75) is 30.5 Å². The minimum Gasteiger partial charge on any atom is -0.495 e. The third-order valence-electron chi connectivity index (χ3n) is 4.74. The van der Waals surface area contributed by atoms with Crippen molar-refractivity contribution < 1.29 is 9.47 Å². The Kier molecular flexibility index (Phi) is 5.45. The Morgan fingerprint density at radius 2 is 2.00 bits per heavy atom. The van der Waals surface area contributed by atoms with Gasteiger partial charge in [0.2, 0.25) is 0 Å². The third-order valence-corrected chi connectivity index (χ3v) is 5.81. The predicted octanol–water partition coefficient (Wildman–Crippen LogP) is 4.06. The van der Waals surface area contributed by atoms with Gasteiger partial charge in [-0.25, -0.2) is 4.98 Å². The lowest BCUT2D eigenvalue weighted by Crippen LogP contribution is -2.24. The molecular weight excluding hydrogens is 360 g/mol. The first-order chi connectivity index (χ1) is 13.3. The second kappa shape index (κ2) is 8.15. The van der Waals surface area contributed by atoms with Crippen LogP contribution in [0.25, 0.3) is 16.6 Å². The van der Waals surface area contributed by atoms with Gasteiger partial charge in [0.25, 0.3) is 5.56 Å². The van der Waals surface area contributed by atoms with E-state index in [-0.39, 0.29) is 11.7 Å². The first-order valence-electron chi connectivity index (χ1n) is 9.17. The topological polar surface area (TPSA) is 53.4 Å². The van der Waals surface area contributed by atoms with Crippen molar-refractivity contribution in [1.29, 1.82) is 0 Å². The standard InChI is InChI=1S/C21H22N2O3S/c1-25-19-12-5-4-11-18(19)23-20(24)16-9-2-3-10-17(16)22-21(23)27-14-15-8-6-7-13-26-15/h2-5,9-12,15H,6-8,13-14H2,1H3/t15-/m0/s1. The summed E-state index contributed by atoms with van der Waals surface area (Å²) in [6.07, 6.45) is 3.58. The molecule has 1 aliphatic rings. The van der Waals surface area contributed by atoms with Crippen molar-refractivity contribution in [3.63, 3.8) is 0 Å². The molecule has 0 aliphatic carbocycles. The highest BCUT2D eigenvalue weighted by Crippen LogP contribution is 2.28. The molecule has 1 aliphatic heterocycles. The molecule has 1 saturated heterocycles. The quantitative estimate of drug-likeness (QED) is 0.492. The van der Waals surface area contributed by atoms with Crippen LogP contribution in [0.3, 0.4) is 0 Å². The Hall–Kier alpha value is -2.31. The van der Waals surface area contributed by atoms with Crippen LogP contribution in [0.4, 0.5) is 0 Å². The van der Waals surface area contributed by atoms with Crippen molar-refractivity contribution >= 4 is 22.7 Å². The molecule has 6 heteroatoms. The average molecular weight is 382 g/mol. The number of ether oxygens (including phenoxy) is 2. The van der Waals surface area contributed by atoms with E-state index in [9.17, 15) is 4.79 Å². The molecule has 0 saturated carbocycles. The minimum absolute atomic E-state index is 0.0860. The van der Waals surface area contributed by atoms with E-state index in [2.05, 4.69) is 0 Å². The van der Waals surface area contributed by atoms with Crippen molar-refractivity contribution in [2.75, 3.05) is 19.5 Å². The molecule has 3 aromatic rings. The van der Waals surface area contributed by atoms with Crippen LogP contribution in [0.1, 0.15) is 19.3 Å². The van der Waals surface area contributed by atoms with E-state index < -0.39 is 0 Å². The zero-order chi connectivity index (χ0) is 18.6. The summed E-state index contributed by atoms with van der Waals surface area (Å²) in [6, 6.07) is 15.0. The zero-order valence-corrected chi connectivity index (χ0v) is 16.1. The molecule has 5 nitrogen and oxygen atoms in total. The van der Waals surface area contributed by atoms with Gasteiger partial charge in [-0.2, -0.15) is 0 Å². The summed E-state index contributed by atoms with van der Waals surface area (Å²) in [5.74, 6) is 1.42. The van der Waals surface area contributed by atoms with Crippen LogP contribution in [-0.4, -0.2) is 35.1 Å². The van der Waals surface area contributed by atoms with E-state index in [0.717, 1.165) is 25.2 Å². The van der Waals surface area contributed by atoms with Crippen molar-refractivity contribution in [2.24, 2.45) is 0 Å². The molecule has 2 aromatic carbocycles. The average Bonchev–Trinajstić information content (AvgIpc) is 2.73. The Bertz CT molecular complexity index is 996. The van der Waals surface area contributed by atoms with Crippen LogP contribution in [-0.2, 0) is 4.74 Å². The number of methoxy groups -OCH3 is 1. The predicted molar refractivity (Wildman–Crippen MR) is 108 cm³/mol. The maximum absolute atomic E-state index is 13.3. The van der Waals surface area contributed by atoms with Crippen LogP contribution in [0.5, 0.6) is 5.75 Å².